The van der Waals surface area contributed by atoms with Crippen molar-refractivity contribution in [2.24, 2.45) is 5.92 Å². The number of likely N-dealkylation sites (tertiary alicyclic amines) is 1. The quantitative estimate of drug-likeness (QED) is 0.286. The Morgan fingerprint density at radius 3 is 2.31 bits per heavy atom. The minimum atomic E-state index is -1.17. The summed E-state index contributed by atoms with van der Waals surface area (Å²) in [6.07, 6.45) is 10.9. The number of hydrogen-bond acceptors (Lipinski definition) is 4. The van der Waals surface area contributed by atoms with E-state index in [-0.39, 0.29) is 5.92 Å². The molecule has 0 unspecified atom stereocenters. The minimum Gasteiger partial charge on any atom is -0.493 e. The predicted molar refractivity (Wildman–Crippen MR) is 137 cm³/mol. The van der Waals surface area contributed by atoms with Gasteiger partial charge < -0.3 is 18.7 Å². The van der Waals surface area contributed by atoms with Crippen LogP contribution in [0.1, 0.15) is 68.6 Å². The molecule has 2 fully saturated rings. The fraction of sp³-hybridized carbons (Fsp3) is 0.500. The van der Waals surface area contributed by atoms with Crippen molar-refractivity contribution in [1.29, 1.82) is 0 Å². The van der Waals surface area contributed by atoms with E-state index in [0.29, 0.717) is 5.89 Å². The maximum absolute atomic E-state index is 12.1. The monoisotopic (exact) mass is 475 g/mol. The van der Waals surface area contributed by atoms with Gasteiger partial charge in [-0.2, -0.15) is 0 Å². The van der Waals surface area contributed by atoms with Crippen LogP contribution in [-0.4, -0.2) is 40.8 Å². The van der Waals surface area contributed by atoms with Crippen LogP contribution < -0.4 is 4.74 Å². The van der Waals surface area contributed by atoms with Gasteiger partial charge in [-0.3, -0.25) is 0 Å². The highest BCUT2D eigenvalue weighted by Gasteiger charge is 2.45. The van der Waals surface area contributed by atoms with Crippen molar-refractivity contribution in [3.63, 3.8) is 0 Å². The summed E-state index contributed by atoms with van der Waals surface area (Å²) in [6, 6.07) is 20.1. The molecule has 2 aliphatic rings. The summed E-state index contributed by atoms with van der Waals surface area (Å²) in [4.78, 5) is 4.70. The number of oxazole rings is 1. The van der Waals surface area contributed by atoms with Gasteiger partial charge in [0.05, 0.1) is 32.4 Å². The van der Waals surface area contributed by atoms with Crippen molar-refractivity contribution in [3.8, 4) is 5.75 Å². The van der Waals surface area contributed by atoms with Gasteiger partial charge in [0, 0.05) is 25.2 Å². The zero-order valence-corrected chi connectivity index (χ0v) is 20.8. The highest BCUT2D eigenvalue weighted by molar-refractivity contribution is 5.30. The fourth-order valence-corrected chi connectivity index (χ4v) is 6.21. The van der Waals surface area contributed by atoms with Crippen LogP contribution in [0.5, 0.6) is 5.75 Å². The molecule has 35 heavy (non-hydrogen) atoms. The molecule has 2 aromatic carbocycles. The highest BCUT2D eigenvalue weighted by Crippen LogP contribution is 2.43. The number of benzene rings is 2. The first-order valence-corrected chi connectivity index (χ1v) is 13.4. The van der Waals surface area contributed by atoms with E-state index < -0.39 is 5.60 Å². The first-order valence-electron chi connectivity index (χ1n) is 13.4. The maximum Gasteiger partial charge on any atom is 0.231 e. The number of ether oxygens (including phenoxy) is 1. The molecular formula is C30H39N2O3+. The molecule has 0 radical (unpaired) electrons. The second-order valence-electron chi connectivity index (χ2n) is 10.5. The molecule has 1 N–H and O–H groups in total. The zero-order chi connectivity index (χ0) is 24.0. The molecule has 2 heterocycles. The second-order valence-corrected chi connectivity index (χ2v) is 10.5. The summed E-state index contributed by atoms with van der Waals surface area (Å²) in [5.74, 6) is 2.42. The molecule has 186 valence electrons. The van der Waals surface area contributed by atoms with E-state index in [1.54, 1.807) is 0 Å². The van der Waals surface area contributed by atoms with Gasteiger partial charge in [-0.1, -0.05) is 67.8 Å². The van der Waals surface area contributed by atoms with Crippen molar-refractivity contribution in [2.45, 2.75) is 63.5 Å². The van der Waals surface area contributed by atoms with E-state index in [2.05, 4.69) is 0 Å². The van der Waals surface area contributed by atoms with Gasteiger partial charge in [0.1, 0.15) is 12.3 Å². The Kier molecular flexibility index (Phi) is 7.54. The van der Waals surface area contributed by atoms with Crippen molar-refractivity contribution >= 4 is 0 Å². The Balaban J connectivity index is 1.30. The van der Waals surface area contributed by atoms with Gasteiger partial charge >= 0.3 is 0 Å². The van der Waals surface area contributed by atoms with Crippen molar-refractivity contribution in [1.82, 2.24) is 4.98 Å². The van der Waals surface area contributed by atoms with Crippen LogP contribution >= 0.6 is 0 Å². The average Bonchev–Trinajstić information content (AvgIpc) is 3.58. The summed E-state index contributed by atoms with van der Waals surface area (Å²) < 4.78 is 13.4. The molecular weight excluding hydrogens is 436 g/mol. The number of aliphatic hydroxyl groups is 1. The Bertz CT molecular complexity index is 1040. The number of rotatable bonds is 10. The largest absolute Gasteiger partial charge is 0.493 e. The predicted octanol–water partition coefficient (Wildman–Crippen LogP) is 6.07. The standard InChI is InChI=1S/C30H39N2O3/c33-30(25-13-4-1-5-14-25,26-15-6-2-7-16-26)29-31-23-28(35-29)24-32(19-10-11-20-32)21-12-22-34-27-17-8-3-9-18-27/h1,3-5,8-9,13-14,17-18,23,26,33H,2,6-7,10-12,15-16,19-22,24H2/q+1/t30-/m0/s1. The van der Waals surface area contributed by atoms with Gasteiger partial charge in [0.2, 0.25) is 5.89 Å². The summed E-state index contributed by atoms with van der Waals surface area (Å²) >= 11 is 0. The van der Waals surface area contributed by atoms with Gasteiger partial charge in [-0.15, -0.1) is 0 Å². The van der Waals surface area contributed by atoms with Crippen LogP contribution in [-0.2, 0) is 12.1 Å². The van der Waals surface area contributed by atoms with Crippen molar-refractivity contribution in [3.05, 3.63) is 84.1 Å². The van der Waals surface area contributed by atoms with E-state index in [0.717, 1.165) is 86.4 Å². The van der Waals surface area contributed by atoms with E-state index >= 15 is 0 Å². The number of nitrogens with zero attached hydrogens (tertiary/aromatic N) is 2. The lowest BCUT2D eigenvalue weighted by atomic mass is 9.73. The zero-order valence-electron chi connectivity index (χ0n) is 20.8. The number of hydrogen-bond donors (Lipinski definition) is 1. The first-order chi connectivity index (χ1) is 17.2. The van der Waals surface area contributed by atoms with E-state index in [1.807, 2.05) is 66.9 Å². The third-order valence-electron chi connectivity index (χ3n) is 8.08. The molecule has 1 saturated carbocycles. The molecule has 0 amide bonds. The molecule has 3 aromatic rings. The van der Waals surface area contributed by atoms with Gasteiger partial charge in [-0.25, -0.2) is 4.98 Å². The third kappa shape index (κ3) is 5.46. The molecule has 1 saturated heterocycles. The van der Waals surface area contributed by atoms with Gasteiger partial charge in [-0.05, 0) is 30.5 Å². The van der Waals surface area contributed by atoms with Crippen LogP contribution in [0.25, 0.3) is 0 Å². The van der Waals surface area contributed by atoms with Crippen molar-refractivity contribution in [2.75, 3.05) is 26.2 Å². The van der Waals surface area contributed by atoms with Gasteiger partial charge in [0.25, 0.3) is 0 Å². The molecule has 1 aliphatic carbocycles. The number of aromatic nitrogens is 1. The Labute approximate surface area is 209 Å². The fourth-order valence-electron chi connectivity index (χ4n) is 6.21. The van der Waals surface area contributed by atoms with Gasteiger partial charge in [0.15, 0.2) is 11.4 Å². The van der Waals surface area contributed by atoms with E-state index in [1.165, 1.54) is 19.3 Å². The maximum atomic E-state index is 12.1. The molecule has 5 rings (SSSR count). The topological polar surface area (TPSA) is 55.5 Å². The lowest BCUT2D eigenvalue weighted by molar-refractivity contribution is -0.930. The number of quaternary nitrogens is 1. The van der Waals surface area contributed by atoms with Crippen LogP contribution in [0.15, 0.2) is 71.3 Å². The molecule has 1 aliphatic heterocycles. The highest BCUT2D eigenvalue weighted by atomic mass is 16.5. The van der Waals surface area contributed by atoms with Crippen LogP contribution in [0.2, 0.25) is 0 Å². The van der Waals surface area contributed by atoms with Crippen LogP contribution in [0.4, 0.5) is 0 Å². The van der Waals surface area contributed by atoms with Crippen LogP contribution in [0, 0.1) is 5.92 Å². The molecule has 1 atom stereocenters. The Morgan fingerprint density at radius 1 is 0.914 bits per heavy atom. The third-order valence-corrected chi connectivity index (χ3v) is 8.08. The smallest absolute Gasteiger partial charge is 0.231 e. The average molecular weight is 476 g/mol. The van der Waals surface area contributed by atoms with Crippen molar-refractivity contribution < 1.29 is 18.7 Å². The molecule has 5 nitrogen and oxygen atoms in total. The normalized spacial score (nSPS) is 19.9. The molecule has 0 bridgehead atoms. The Morgan fingerprint density at radius 2 is 1.60 bits per heavy atom. The van der Waals surface area contributed by atoms with E-state index in [9.17, 15) is 5.11 Å². The minimum absolute atomic E-state index is 0.134. The summed E-state index contributed by atoms with van der Waals surface area (Å²) in [5.41, 5.74) is -0.275. The summed E-state index contributed by atoms with van der Waals surface area (Å²) in [5, 5.41) is 12.1. The lowest BCUT2D eigenvalue weighted by Gasteiger charge is -2.36. The van der Waals surface area contributed by atoms with E-state index in [4.69, 9.17) is 14.1 Å². The van der Waals surface area contributed by atoms with Crippen LogP contribution in [0.3, 0.4) is 0 Å². The molecule has 5 heteroatoms. The summed E-state index contributed by atoms with van der Waals surface area (Å²) in [6.45, 7) is 4.93. The Hall–Kier alpha value is -2.63. The first kappa shape index (κ1) is 24.1. The second kappa shape index (κ2) is 11.0. The molecule has 1 aromatic heterocycles. The summed E-state index contributed by atoms with van der Waals surface area (Å²) in [7, 11) is 0. The SMILES string of the molecule is O[C@](c1ccccc1)(c1ncc(C[N+]2(CCCOc3ccccc3)CCCC2)o1)C1CCCCC1. The number of para-hydroxylation sites is 1. The molecule has 0 spiro atoms. The lowest BCUT2D eigenvalue weighted by Crippen LogP contribution is -2.45.